The van der Waals surface area contributed by atoms with Crippen LogP contribution in [0.1, 0.15) is 13.8 Å². The van der Waals surface area contributed by atoms with Crippen LogP contribution in [0.25, 0.3) is 0 Å². The minimum atomic E-state index is 0. The maximum atomic E-state index is 2.17. The Bertz CT molecular complexity index is 27.1. The zero-order valence-electron chi connectivity index (χ0n) is 5.73. The highest BCUT2D eigenvalue weighted by atomic mass is 15.1. The normalized spacial score (nSPS) is 9.43. The lowest BCUT2D eigenvalue weighted by molar-refractivity contribution is 0.335. The molecule has 0 aromatic heterocycles. The van der Waals surface area contributed by atoms with Crippen molar-refractivity contribution >= 4 is 0 Å². The highest BCUT2D eigenvalue weighted by Gasteiger charge is 1.90. The highest BCUT2D eigenvalue weighted by Crippen LogP contribution is 1.84. The Morgan fingerprint density at radius 2 is 1.29 bits per heavy atom. The van der Waals surface area contributed by atoms with Crippen LogP contribution in [-0.2, 0) is 0 Å². The molecule has 0 saturated heterocycles. The second kappa shape index (κ2) is 4.09. The lowest BCUT2D eigenvalue weighted by atomic mass is 10.4. The molecule has 0 aromatic rings. The summed E-state index contributed by atoms with van der Waals surface area (Å²) in [7, 11) is 4.15. The molecule has 2 heteroatoms. The monoisotopic (exact) mass is 104 g/mol. The predicted octanol–water partition coefficient (Wildman–Crippen LogP) is 1.12. The standard InChI is InChI=1S/C5H13N.H3N/c1-5(2)6(3)4;/h5H,1-4H3;1H3. The number of rotatable bonds is 1. The van der Waals surface area contributed by atoms with Crippen molar-refractivity contribution in [1.29, 1.82) is 0 Å². The van der Waals surface area contributed by atoms with E-state index in [1.165, 1.54) is 0 Å². The molecule has 3 N–H and O–H groups in total. The van der Waals surface area contributed by atoms with Crippen molar-refractivity contribution in [3.05, 3.63) is 0 Å². The summed E-state index contributed by atoms with van der Waals surface area (Å²) in [5.74, 6) is 0. The zero-order valence-corrected chi connectivity index (χ0v) is 5.73. The van der Waals surface area contributed by atoms with Crippen LogP contribution in [0.2, 0.25) is 0 Å². The van der Waals surface area contributed by atoms with E-state index in [-0.39, 0.29) is 6.15 Å². The third-order valence-corrected chi connectivity index (χ3v) is 1.03. The molecule has 2 nitrogen and oxygen atoms in total. The molecule has 0 aromatic carbocycles. The molecule has 0 aliphatic rings. The van der Waals surface area contributed by atoms with Gasteiger partial charge in [-0.1, -0.05) is 0 Å². The molecule has 0 aliphatic heterocycles. The van der Waals surface area contributed by atoms with Crippen molar-refractivity contribution in [2.75, 3.05) is 14.1 Å². The van der Waals surface area contributed by atoms with Crippen LogP contribution >= 0.6 is 0 Å². The summed E-state index contributed by atoms with van der Waals surface area (Å²) in [5, 5.41) is 0. The summed E-state index contributed by atoms with van der Waals surface area (Å²) in [4.78, 5) is 2.17. The number of nitrogens with zero attached hydrogens (tertiary/aromatic N) is 1. The third-order valence-electron chi connectivity index (χ3n) is 1.03. The first-order valence-corrected chi connectivity index (χ1v) is 2.31. The summed E-state index contributed by atoms with van der Waals surface area (Å²) in [6, 6.07) is 0.685. The van der Waals surface area contributed by atoms with Gasteiger partial charge in [0.1, 0.15) is 0 Å². The summed E-state index contributed by atoms with van der Waals surface area (Å²) in [5.41, 5.74) is 0. The molecule has 46 valence electrons. The van der Waals surface area contributed by atoms with Gasteiger partial charge in [-0.2, -0.15) is 0 Å². The van der Waals surface area contributed by atoms with Crippen LogP contribution < -0.4 is 6.15 Å². The van der Waals surface area contributed by atoms with Crippen molar-refractivity contribution in [3.63, 3.8) is 0 Å². The van der Waals surface area contributed by atoms with E-state index in [0.717, 1.165) is 0 Å². The number of hydrogen-bond acceptors (Lipinski definition) is 2. The molecule has 0 unspecified atom stereocenters. The SMILES string of the molecule is CC(C)N(C)C.N. The van der Waals surface area contributed by atoms with Gasteiger partial charge in [0.05, 0.1) is 0 Å². The second-order valence-electron chi connectivity index (χ2n) is 2.06. The fourth-order valence-corrected chi connectivity index (χ4v) is 0. The summed E-state index contributed by atoms with van der Waals surface area (Å²) in [6.07, 6.45) is 0. The highest BCUT2D eigenvalue weighted by molar-refractivity contribution is 4.46. The summed E-state index contributed by atoms with van der Waals surface area (Å²) >= 11 is 0. The first-order valence-electron chi connectivity index (χ1n) is 2.31. The second-order valence-corrected chi connectivity index (χ2v) is 2.06. The van der Waals surface area contributed by atoms with Crippen LogP contribution in [0, 0.1) is 0 Å². The molecule has 0 spiro atoms. The first kappa shape index (κ1) is 10.0. The molecule has 7 heavy (non-hydrogen) atoms. The van der Waals surface area contributed by atoms with Gasteiger partial charge in [-0.25, -0.2) is 0 Å². The predicted molar refractivity (Wildman–Crippen MR) is 33.8 cm³/mol. The first-order chi connectivity index (χ1) is 2.64. The smallest absolute Gasteiger partial charge is 0.00324 e. The Hall–Kier alpha value is -0.0800. The average molecular weight is 104 g/mol. The van der Waals surface area contributed by atoms with Crippen LogP contribution in [0.15, 0.2) is 0 Å². The van der Waals surface area contributed by atoms with E-state index in [1.54, 1.807) is 0 Å². The molecule has 0 rings (SSSR count). The minimum absolute atomic E-state index is 0. The van der Waals surface area contributed by atoms with Crippen molar-refractivity contribution < 1.29 is 0 Å². The fraction of sp³-hybridized carbons (Fsp3) is 1.00. The molecule has 0 aliphatic carbocycles. The van der Waals surface area contributed by atoms with E-state index in [1.807, 2.05) is 0 Å². The maximum Gasteiger partial charge on any atom is 0.00324 e. The lowest BCUT2D eigenvalue weighted by Crippen LogP contribution is -2.20. The van der Waals surface area contributed by atoms with Crippen LogP contribution in [-0.4, -0.2) is 25.0 Å². The van der Waals surface area contributed by atoms with E-state index in [0.29, 0.717) is 6.04 Å². The van der Waals surface area contributed by atoms with Gasteiger partial charge in [0.25, 0.3) is 0 Å². The Balaban J connectivity index is 0. The molecule has 0 amide bonds. The Labute approximate surface area is 46.1 Å². The molecule has 0 radical (unpaired) electrons. The van der Waals surface area contributed by atoms with Gasteiger partial charge in [-0.3, -0.25) is 0 Å². The molecule has 0 fully saturated rings. The number of hydrogen-bond donors (Lipinski definition) is 1. The van der Waals surface area contributed by atoms with Crippen LogP contribution in [0.4, 0.5) is 0 Å². The Kier molecular flexibility index (Phi) is 5.85. The van der Waals surface area contributed by atoms with Crippen molar-refractivity contribution in [1.82, 2.24) is 11.1 Å². The Morgan fingerprint density at radius 3 is 1.29 bits per heavy atom. The van der Waals surface area contributed by atoms with Gasteiger partial charge < -0.3 is 11.1 Å². The van der Waals surface area contributed by atoms with E-state index in [2.05, 4.69) is 32.8 Å². The molecule has 0 bridgehead atoms. The van der Waals surface area contributed by atoms with Gasteiger partial charge in [0.15, 0.2) is 0 Å². The summed E-state index contributed by atoms with van der Waals surface area (Å²) in [6.45, 7) is 4.33. The van der Waals surface area contributed by atoms with Crippen LogP contribution in [0.5, 0.6) is 0 Å². The van der Waals surface area contributed by atoms with Crippen LogP contribution in [0.3, 0.4) is 0 Å². The van der Waals surface area contributed by atoms with Gasteiger partial charge in [-0.15, -0.1) is 0 Å². The van der Waals surface area contributed by atoms with E-state index < -0.39 is 0 Å². The summed E-state index contributed by atoms with van der Waals surface area (Å²) < 4.78 is 0. The molecule has 0 heterocycles. The van der Waals surface area contributed by atoms with Gasteiger partial charge in [0, 0.05) is 6.04 Å². The molecule has 0 saturated carbocycles. The van der Waals surface area contributed by atoms with Gasteiger partial charge >= 0.3 is 0 Å². The lowest BCUT2D eigenvalue weighted by Gasteiger charge is -2.12. The third kappa shape index (κ3) is 5.92. The largest absolute Gasteiger partial charge is 0.344 e. The fourth-order valence-electron chi connectivity index (χ4n) is 0. The molecule has 0 atom stereocenters. The van der Waals surface area contributed by atoms with Gasteiger partial charge in [-0.05, 0) is 27.9 Å². The molecular weight excluding hydrogens is 88.1 g/mol. The Morgan fingerprint density at radius 1 is 1.14 bits per heavy atom. The maximum absolute atomic E-state index is 2.17. The van der Waals surface area contributed by atoms with E-state index >= 15 is 0 Å². The van der Waals surface area contributed by atoms with E-state index in [4.69, 9.17) is 0 Å². The minimum Gasteiger partial charge on any atom is -0.344 e. The molecular formula is C5H16N2. The van der Waals surface area contributed by atoms with E-state index in [9.17, 15) is 0 Å². The topological polar surface area (TPSA) is 38.2 Å². The van der Waals surface area contributed by atoms with Gasteiger partial charge in [0.2, 0.25) is 0 Å². The average Bonchev–Trinajstić information content (AvgIpc) is 1.36. The quantitative estimate of drug-likeness (QED) is 0.541. The zero-order chi connectivity index (χ0) is 5.15. The van der Waals surface area contributed by atoms with Crippen molar-refractivity contribution in [3.8, 4) is 0 Å². The van der Waals surface area contributed by atoms with Crippen molar-refractivity contribution in [2.24, 2.45) is 0 Å². The van der Waals surface area contributed by atoms with Crippen molar-refractivity contribution in [2.45, 2.75) is 19.9 Å².